The molecule has 6 heteroatoms. The number of ether oxygens (including phenoxy) is 1. The number of nitrogens with one attached hydrogen (secondary N) is 1. The molecule has 0 spiro atoms. The third kappa shape index (κ3) is 4.44. The Morgan fingerprint density at radius 1 is 1.19 bits per heavy atom. The maximum Gasteiger partial charge on any atom is 0.238 e. The Labute approximate surface area is 126 Å². The molecule has 0 saturated carbocycles. The summed E-state index contributed by atoms with van der Waals surface area (Å²) in [6, 6.07) is 11.6. The second-order valence-electron chi connectivity index (χ2n) is 4.43. The molecule has 2 aromatic rings. The van der Waals surface area contributed by atoms with Crippen LogP contribution in [0.1, 0.15) is 11.1 Å². The molecule has 0 heterocycles. The lowest BCUT2D eigenvalue weighted by atomic mass is 10.1. The summed E-state index contributed by atoms with van der Waals surface area (Å²) in [6.07, 6.45) is 0.227. The molecule has 0 unspecified atom stereocenters. The zero-order valence-electron chi connectivity index (χ0n) is 11.1. The Bertz CT molecular complexity index is 632. The summed E-state index contributed by atoms with van der Waals surface area (Å²) in [5.41, 5.74) is 3.85. The molecule has 3 N–H and O–H groups in total. The van der Waals surface area contributed by atoms with Crippen LogP contribution >= 0.6 is 11.6 Å². The van der Waals surface area contributed by atoms with Crippen molar-refractivity contribution >= 4 is 17.5 Å². The molecule has 0 aliphatic heterocycles. The lowest BCUT2D eigenvalue weighted by Crippen LogP contribution is -2.31. The van der Waals surface area contributed by atoms with Crippen molar-refractivity contribution in [3.8, 4) is 5.75 Å². The van der Waals surface area contributed by atoms with E-state index >= 15 is 0 Å². The molecule has 4 nitrogen and oxygen atoms in total. The SMILES string of the molecule is NNC(=O)Cc1ccc(COc2ccc(F)c(Cl)c2)cc1. The van der Waals surface area contributed by atoms with Crippen LogP contribution in [-0.4, -0.2) is 5.91 Å². The van der Waals surface area contributed by atoms with Gasteiger partial charge in [0, 0.05) is 6.07 Å². The normalized spacial score (nSPS) is 10.2. The maximum atomic E-state index is 13.0. The number of hydrogen-bond donors (Lipinski definition) is 2. The van der Waals surface area contributed by atoms with Crippen molar-refractivity contribution in [2.75, 3.05) is 0 Å². The first-order valence-electron chi connectivity index (χ1n) is 6.23. The maximum absolute atomic E-state index is 13.0. The van der Waals surface area contributed by atoms with Gasteiger partial charge in [-0.2, -0.15) is 0 Å². The fourth-order valence-electron chi connectivity index (χ4n) is 1.72. The number of carbonyl (C=O) groups is 1. The van der Waals surface area contributed by atoms with Gasteiger partial charge >= 0.3 is 0 Å². The standard InChI is InChI=1S/C15H14ClFN2O2/c16-13-8-12(5-6-14(13)17)21-9-11-3-1-10(2-4-11)7-15(20)19-18/h1-6,8H,7,9,18H2,(H,19,20). The number of nitrogens with two attached hydrogens (primary N) is 1. The molecule has 0 atom stereocenters. The Balaban J connectivity index is 1.94. The first-order chi connectivity index (χ1) is 10.1. The van der Waals surface area contributed by atoms with E-state index in [0.717, 1.165) is 11.1 Å². The predicted octanol–water partition coefficient (Wildman–Crippen LogP) is 2.59. The van der Waals surface area contributed by atoms with Crippen molar-refractivity contribution in [2.24, 2.45) is 5.84 Å². The molecule has 2 aromatic carbocycles. The highest BCUT2D eigenvalue weighted by atomic mass is 35.5. The van der Waals surface area contributed by atoms with Crippen LogP contribution in [-0.2, 0) is 17.8 Å². The van der Waals surface area contributed by atoms with Gasteiger partial charge in [-0.15, -0.1) is 0 Å². The van der Waals surface area contributed by atoms with Crippen LogP contribution in [0.15, 0.2) is 42.5 Å². The highest BCUT2D eigenvalue weighted by Gasteiger charge is 2.03. The molecular weight excluding hydrogens is 295 g/mol. The van der Waals surface area contributed by atoms with Gasteiger partial charge in [0.25, 0.3) is 0 Å². The molecule has 0 aliphatic carbocycles. The van der Waals surface area contributed by atoms with Gasteiger partial charge in [-0.05, 0) is 23.3 Å². The van der Waals surface area contributed by atoms with E-state index < -0.39 is 5.82 Å². The predicted molar refractivity (Wildman–Crippen MR) is 78.2 cm³/mol. The average Bonchev–Trinajstić information content (AvgIpc) is 2.50. The zero-order chi connectivity index (χ0) is 15.2. The summed E-state index contributed by atoms with van der Waals surface area (Å²) >= 11 is 5.68. The fraction of sp³-hybridized carbons (Fsp3) is 0.133. The van der Waals surface area contributed by atoms with Crippen molar-refractivity contribution in [3.05, 3.63) is 64.4 Å². The number of halogens is 2. The third-order valence-electron chi connectivity index (χ3n) is 2.85. The molecule has 1 amide bonds. The van der Waals surface area contributed by atoms with Crippen LogP contribution in [0, 0.1) is 5.82 Å². The zero-order valence-corrected chi connectivity index (χ0v) is 11.9. The lowest BCUT2D eigenvalue weighted by molar-refractivity contribution is -0.120. The van der Waals surface area contributed by atoms with Crippen molar-refractivity contribution in [2.45, 2.75) is 13.0 Å². The first kappa shape index (κ1) is 15.3. The Kier molecular flexibility index (Phi) is 5.14. The smallest absolute Gasteiger partial charge is 0.238 e. The van der Waals surface area contributed by atoms with Crippen LogP contribution < -0.4 is 16.0 Å². The highest BCUT2D eigenvalue weighted by Crippen LogP contribution is 2.22. The van der Waals surface area contributed by atoms with Crippen LogP contribution in [0.5, 0.6) is 5.75 Å². The topological polar surface area (TPSA) is 64.3 Å². The summed E-state index contributed by atoms with van der Waals surface area (Å²) in [6.45, 7) is 0.325. The molecule has 0 saturated heterocycles. The van der Waals surface area contributed by atoms with E-state index in [9.17, 15) is 9.18 Å². The van der Waals surface area contributed by atoms with Gasteiger partial charge in [-0.1, -0.05) is 35.9 Å². The van der Waals surface area contributed by atoms with Gasteiger partial charge in [0.05, 0.1) is 11.4 Å². The van der Waals surface area contributed by atoms with E-state index in [-0.39, 0.29) is 17.4 Å². The van der Waals surface area contributed by atoms with E-state index in [1.165, 1.54) is 18.2 Å². The van der Waals surface area contributed by atoms with Gasteiger partial charge in [0.2, 0.25) is 5.91 Å². The van der Waals surface area contributed by atoms with E-state index in [2.05, 4.69) is 5.43 Å². The van der Waals surface area contributed by atoms with Crippen molar-refractivity contribution in [1.29, 1.82) is 0 Å². The van der Waals surface area contributed by atoms with Gasteiger partial charge in [-0.3, -0.25) is 10.2 Å². The summed E-state index contributed by atoms with van der Waals surface area (Å²) in [5.74, 6) is 4.79. The molecule has 0 aliphatic rings. The average molecular weight is 309 g/mol. The summed E-state index contributed by atoms with van der Waals surface area (Å²) in [4.78, 5) is 11.1. The van der Waals surface area contributed by atoms with Gasteiger partial charge in [0.1, 0.15) is 18.2 Å². The van der Waals surface area contributed by atoms with Gasteiger partial charge in [-0.25, -0.2) is 10.2 Å². The lowest BCUT2D eigenvalue weighted by Gasteiger charge is -2.08. The summed E-state index contributed by atoms with van der Waals surface area (Å²) in [5, 5.41) is 0.0237. The molecular formula is C15H14ClFN2O2. The molecule has 0 aromatic heterocycles. The second kappa shape index (κ2) is 7.06. The number of hydrazine groups is 1. The van der Waals surface area contributed by atoms with Crippen molar-refractivity contribution in [3.63, 3.8) is 0 Å². The third-order valence-corrected chi connectivity index (χ3v) is 3.13. The van der Waals surface area contributed by atoms with Crippen LogP contribution in [0.3, 0.4) is 0 Å². The quantitative estimate of drug-likeness (QED) is 0.507. The highest BCUT2D eigenvalue weighted by molar-refractivity contribution is 6.30. The molecule has 0 radical (unpaired) electrons. The molecule has 0 fully saturated rings. The second-order valence-corrected chi connectivity index (χ2v) is 4.83. The van der Waals surface area contributed by atoms with E-state index in [1.54, 1.807) is 0 Å². The Morgan fingerprint density at radius 2 is 1.86 bits per heavy atom. The summed E-state index contributed by atoms with van der Waals surface area (Å²) in [7, 11) is 0. The van der Waals surface area contributed by atoms with E-state index in [4.69, 9.17) is 22.2 Å². The summed E-state index contributed by atoms with van der Waals surface area (Å²) < 4.78 is 18.5. The molecule has 0 bridgehead atoms. The first-order valence-corrected chi connectivity index (χ1v) is 6.61. The number of hydrogen-bond acceptors (Lipinski definition) is 3. The number of rotatable bonds is 5. The van der Waals surface area contributed by atoms with E-state index in [1.807, 2.05) is 24.3 Å². The van der Waals surface area contributed by atoms with Crippen LogP contribution in [0.2, 0.25) is 5.02 Å². The van der Waals surface area contributed by atoms with Crippen molar-refractivity contribution in [1.82, 2.24) is 5.43 Å². The minimum atomic E-state index is -0.480. The number of benzene rings is 2. The minimum Gasteiger partial charge on any atom is -0.489 e. The Morgan fingerprint density at radius 3 is 2.48 bits per heavy atom. The van der Waals surface area contributed by atoms with Crippen LogP contribution in [0.25, 0.3) is 0 Å². The van der Waals surface area contributed by atoms with Gasteiger partial charge < -0.3 is 4.74 Å². The number of amides is 1. The largest absolute Gasteiger partial charge is 0.489 e. The Hall–Kier alpha value is -2.11. The monoisotopic (exact) mass is 308 g/mol. The molecule has 110 valence electrons. The van der Waals surface area contributed by atoms with Crippen LogP contribution in [0.4, 0.5) is 4.39 Å². The minimum absolute atomic E-state index is 0.0237. The van der Waals surface area contributed by atoms with Gasteiger partial charge in [0.15, 0.2) is 0 Å². The number of carbonyl (C=O) groups excluding carboxylic acids is 1. The van der Waals surface area contributed by atoms with Crippen molar-refractivity contribution < 1.29 is 13.9 Å². The van der Waals surface area contributed by atoms with E-state index in [0.29, 0.717) is 12.4 Å². The molecule has 2 rings (SSSR count). The molecule has 21 heavy (non-hydrogen) atoms. The fourth-order valence-corrected chi connectivity index (χ4v) is 1.89.